The molecule has 1 rings (SSSR count). The minimum absolute atomic E-state index is 0.0758. The molecule has 2 unspecified atom stereocenters. The quantitative estimate of drug-likeness (QED) is 0.839. The lowest BCUT2D eigenvalue weighted by Crippen LogP contribution is -2.17. The maximum absolute atomic E-state index is 12.2. The SMILES string of the molecule is CC(N)CC(C)c1cccc(N[S@](=O)C(F)F)c1. The number of anilines is 1. The van der Waals surface area contributed by atoms with Gasteiger partial charge in [0.2, 0.25) is 0 Å². The van der Waals surface area contributed by atoms with Crippen LogP contribution in [-0.4, -0.2) is 16.0 Å². The predicted molar refractivity (Wildman–Crippen MR) is 70.9 cm³/mol. The van der Waals surface area contributed by atoms with Crippen LogP contribution in [0.5, 0.6) is 0 Å². The number of rotatable bonds is 6. The Balaban J connectivity index is 2.76. The fraction of sp³-hybridized carbons (Fsp3) is 0.500. The molecule has 0 saturated carbocycles. The van der Waals surface area contributed by atoms with Crippen molar-refractivity contribution in [3.63, 3.8) is 0 Å². The summed E-state index contributed by atoms with van der Waals surface area (Å²) < 4.78 is 37.6. The Labute approximate surface area is 108 Å². The van der Waals surface area contributed by atoms with Gasteiger partial charge in [-0.15, -0.1) is 0 Å². The van der Waals surface area contributed by atoms with Crippen LogP contribution >= 0.6 is 0 Å². The average Bonchev–Trinajstić information content (AvgIpc) is 2.28. The largest absolute Gasteiger partial charge is 0.330 e. The molecule has 0 amide bonds. The molecule has 0 bridgehead atoms. The highest BCUT2D eigenvalue weighted by atomic mass is 32.2. The number of nitrogens with one attached hydrogen (secondary N) is 1. The van der Waals surface area contributed by atoms with Crippen LogP contribution in [0.25, 0.3) is 0 Å². The van der Waals surface area contributed by atoms with Crippen molar-refractivity contribution in [3.8, 4) is 0 Å². The van der Waals surface area contributed by atoms with E-state index in [1.807, 2.05) is 19.9 Å². The topological polar surface area (TPSA) is 55.1 Å². The highest BCUT2D eigenvalue weighted by Crippen LogP contribution is 2.23. The van der Waals surface area contributed by atoms with Gasteiger partial charge in [0.25, 0.3) is 0 Å². The normalized spacial score (nSPS) is 16.3. The van der Waals surface area contributed by atoms with E-state index >= 15 is 0 Å². The number of hydrogen-bond acceptors (Lipinski definition) is 2. The molecule has 1 aromatic carbocycles. The van der Waals surface area contributed by atoms with E-state index < -0.39 is 16.7 Å². The first-order valence-electron chi connectivity index (χ1n) is 5.71. The van der Waals surface area contributed by atoms with E-state index in [1.54, 1.807) is 18.2 Å². The summed E-state index contributed by atoms with van der Waals surface area (Å²) in [7, 11) is -2.36. The summed E-state index contributed by atoms with van der Waals surface area (Å²) in [5.74, 6) is -2.66. The predicted octanol–water partition coefficient (Wildman–Crippen LogP) is 2.83. The fourth-order valence-corrected chi connectivity index (χ4v) is 2.21. The number of nitrogens with two attached hydrogens (primary N) is 1. The molecule has 0 saturated heterocycles. The number of hydrogen-bond donors (Lipinski definition) is 2. The monoisotopic (exact) mass is 276 g/mol. The van der Waals surface area contributed by atoms with E-state index in [1.165, 1.54) is 0 Å². The zero-order valence-electron chi connectivity index (χ0n) is 10.4. The second-order valence-electron chi connectivity index (χ2n) is 4.40. The molecule has 6 heteroatoms. The Kier molecular flexibility index (Phi) is 5.68. The molecule has 3 atom stereocenters. The van der Waals surface area contributed by atoms with Crippen LogP contribution in [0.2, 0.25) is 0 Å². The Bertz CT molecular complexity index is 413. The van der Waals surface area contributed by atoms with Gasteiger partial charge in [-0.05, 0) is 37.0 Å². The van der Waals surface area contributed by atoms with E-state index in [9.17, 15) is 13.0 Å². The van der Waals surface area contributed by atoms with Crippen LogP contribution in [0.15, 0.2) is 24.3 Å². The summed E-state index contributed by atoms with van der Waals surface area (Å²) in [6.07, 6.45) is 0.807. The van der Waals surface area contributed by atoms with Gasteiger partial charge in [-0.1, -0.05) is 19.1 Å². The van der Waals surface area contributed by atoms with Gasteiger partial charge in [0.05, 0.1) is 0 Å². The zero-order chi connectivity index (χ0) is 13.7. The van der Waals surface area contributed by atoms with Crippen molar-refractivity contribution in [2.75, 3.05) is 4.72 Å². The molecule has 3 N–H and O–H groups in total. The second-order valence-corrected chi connectivity index (χ2v) is 5.55. The van der Waals surface area contributed by atoms with Crippen molar-refractivity contribution in [3.05, 3.63) is 29.8 Å². The van der Waals surface area contributed by atoms with Crippen molar-refractivity contribution >= 4 is 16.7 Å². The standard InChI is InChI=1S/C12H18F2N2OS/c1-8(6-9(2)15)10-4-3-5-11(7-10)16-18(17)12(13)14/h3-5,7-9,12,16H,6,15H2,1-2H3/t8?,9?,18-/m1/s1. The van der Waals surface area contributed by atoms with E-state index in [0.29, 0.717) is 5.69 Å². The van der Waals surface area contributed by atoms with Crippen molar-refractivity contribution in [1.82, 2.24) is 0 Å². The molecule has 0 aromatic heterocycles. The third-order valence-corrected chi connectivity index (χ3v) is 3.32. The molecular formula is C12H18F2N2OS. The first kappa shape index (κ1) is 15.0. The van der Waals surface area contributed by atoms with Crippen LogP contribution in [0.3, 0.4) is 0 Å². The molecule has 1 aromatic rings. The third-order valence-electron chi connectivity index (χ3n) is 2.56. The summed E-state index contributed by atoms with van der Waals surface area (Å²) in [6.45, 7) is 3.94. The Morgan fingerprint density at radius 1 is 1.39 bits per heavy atom. The maximum Gasteiger partial charge on any atom is 0.330 e. The van der Waals surface area contributed by atoms with Crippen LogP contribution in [-0.2, 0) is 11.0 Å². The van der Waals surface area contributed by atoms with Crippen LogP contribution in [0.4, 0.5) is 14.5 Å². The number of halogens is 2. The minimum Gasteiger partial charge on any atom is -0.328 e. The molecule has 0 fully saturated rings. The smallest absolute Gasteiger partial charge is 0.328 e. The van der Waals surface area contributed by atoms with Crippen LogP contribution in [0.1, 0.15) is 31.7 Å². The van der Waals surface area contributed by atoms with Gasteiger partial charge in [-0.3, -0.25) is 0 Å². The van der Waals surface area contributed by atoms with Crippen molar-refractivity contribution in [2.45, 2.75) is 38.0 Å². The van der Waals surface area contributed by atoms with Crippen molar-refractivity contribution in [1.29, 1.82) is 0 Å². The fourth-order valence-electron chi connectivity index (χ4n) is 1.76. The van der Waals surface area contributed by atoms with Gasteiger partial charge in [0.15, 0.2) is 11.0 Å². The Morgan fingerprint density at radius 2 is 2.06 bits per heavy atom. The maximum atomic E-state index is 12.2. The van der Waals surface area contributed by atoms with E-state index in [0.717, 1.165) is 12.0 Å². The summed E-state index contributed by atoms with van der Waals surface area (Å²) >= 11 is 0. The Hall–Kier alpha value is -1.01. The summed E-state index contributed by atoms with van der Waals surface area (Å²) in [5, 5.41) is 0. The molecule has 0 heterocycles. The third kappa shape index (κ3) is 4.70. The molecule has 0 radical (unpaired) electrons. The van der Waals surface area contributed by atoms with Crippen LogP contribution < -0.4 is 10.5 Å². The van der Waals surface area contributed by atoms with Gasteiger partial charge in [0, 0.05) is 11.7 Å². The molecule has 102 valence electrons. The van der Waals surface area contributed by atoms with Gasteiger partial charge >= 0.3 is 5.76 Å². The second kappa shape index (κ2) is 6.80. The van der Waals surface area contributed by atoms with E-state index in [2.05, 4.69) is 4.72 Å². The lowest BCUT2D eigenvalue weighted by Gasteiger charge is -2.15. The van der Waals surface area contributed by atoms with Gasteiger partial charge in [0.1, 0.15) is 0 Å². The number of alkyl halides is 2. The van der Waals surface area contributed by atoms with Gasteiger partial charge < -0.3 is 10.5 Å². The average molecular weight is 276 g/mol. The minimum atomic E-state index is -2.89. The van der Waals surface area contributed by atoms with Gasteiger partial charge in [-0.25, -0.2) is 4.21 Å². The lowest BCUT2D eigenvalue weighted by molar-refractivity contribution is 0.244. The molecule has 3 nitrogen and oxygen atoms in total. The van der Waals surface area contributed by atoms with E-state index in [-0.39, 0.29) is 12.0 Å². The van der Waals surface area contributed by atoms with Crippen LogP contribution in [0, 0.1) is 0 Å². The lowest BCUT2D eigenvalue weighted by atomic mass is 9.94. The molecule has 0 aliphatic rings. The molecule has 0 spiro atoms. The van der Waals surface area contributed by atoms with E-state index in [4.69, 9.17) is 5.73 Å². The summed E-state index contributed by atoms with van der Waals surface area (Å²) in [4.78, 5) is 0. The molecular weight excluding hydrogens is 258 g/mol. The molecule has 18 heavy (non-hydrogen) atoms. The summed E-state index contributed by atoms with van der Waals surface area (Å²) in [5.41, 5.74) is 7.15. The molecule has 0 aliphatic carbocycles. The van der Waals surface area contributed by atoms with Crippen molar-refractivity contribution in [2.24, 2.45) is 5.73 Å². The first-order chi connectivity index (χ1) is 8.40. The highest BCUT2D eigenvalue weighted by Gasteiger charge is 2.14. The Morgan fingerprint density at radius 3 is 2.61 bits per heavy atom. The van der Waals surface area contributed by atoms with Crippen molar-refractivity contribution < 1.29 is 13.0 Å². The number of benzene rings is 1. The van der Waals surface area contributed by atoms with Gasteiger partial charge in [-0.2, -0.15) is 8.78 Å². The first-order valence-corrected chi connectivity index (χ1v) is 6.92. The molecule has 0 aliphatic heterocycles. The zero-order valence-corrected chi connectivity index (χ0v) is 11.2. The highest BCUT2D eigenvalue weighted by molar-refractivity contribution is 7.86. The summed E-state index contributed by atoms with van der Waals surface area (Å²) in [6, 6.07) is 7.07.